The van der Waals surface area contributed by atoms with Crippen molar-refractivity contribution < 1.29 is 23.8 Å². The van der Waals surface area contributed by atoms with E-state index in [1.807, 2.05) is 18.2 Å². The summed E-state index contributed by atoms with van der Waals surface area (Å²) in [5.74, 6) is 0.947. The highest BCUT2D eigenvalue weighted by molar-refractivity contribution is 6.04. The number of pyridine rings is 2. The third-order valence-corrected chi connectivity index (χ3v) is 4.93. The predicted molar refractivity (Wildman–Crippen MR) is 112 cm³/mol. The van der Waals surface area contributed by atoms with Gasteiger partial charge in [-0.1, -0.05) is 0 Å². The van der Waals surface area contributed by atoms with Crippen LogP contribution in [-0.2, 0) is 16.1 Å². The van der Waals surface area contributed by atoms with Crippen LogP contribution in [-0.4, -0.2) is 65.2 Å². The third-order valence-electron chi connectivity index (χ3n) is 4.93. The average molecular weight is 425 g/mol. The number of nitrogens with one attached hydrogen (secondary N) is 1. The number of ether oxygens (including phenoxy) is 3. The maximum absolute atomic E-state index is 12.6. The van der Waals surface area contributed by atoms with Crippen molar-refractivity contribution in [3.05, 3.63) is 42.4 Å². The molecule has 0 spiro atoms. The van der Waals surface area contributed by atoms with Gasteiger partial charge in [0.05, 0.1) is 31.3 Å². The fraction of sp³-hybridized carbons (Fsp3) is 0.333. The average Bonchev–Trinajstić information content (AvgIpc) is 3.21. The van der Waals surface area contributed by atoms with Gasteiger partial charge in [-0.15, -0.1) is 0 Å². The monoisotopic (exact) mass is 425 g/mol. The van der Waals surface area contributed by atoms with E-state index in [0.717, 1.165) is 16.8 Å². The molecule has 0 radical (unpaired) electrons. The standard InChI is InChI=1S/C21H23N5O5/c1-3-30-21(28)25-8-9-26(19(27)12-25)17-11-23-20-16(17)6-7-18(24-20)31-13-14-4-5-15(29-2)10-22-14/h4-7,10-11H,3,8-9,12-13H2,1-2H3,(H,23,24). The lowest BCUT2D eigenvalue weighted by atomic mass is 10.2. The molecule has 0 bridgehead atoms. The first-order chi connectivity index (χ1) is 15.1. The number of hydrogen-bond donors (Lipinski definition) is 1. The molecular weight excluding hydrogens is 402 g/mol. The Bertz CT molecular complexity index is 1080. The molecular formula is C21H23N5O5. The lowest BCUT2D eigenvalue weighted by Gasteiger charge is -2.33. The first-order valence-corrected chi connectivity index (χ1v) is 9.91. The van der Waals surface area contributed by atoms with Gasteiger partial charge >= 0.3 is 6.09 Å². The molecule has 4 heterocycles. The Balaban J connectivity index is 1.44. The lowest BCUT2D eigenvalue weighted by molar-refractivity contribution is -0.120. The van der Waals surface area contributed by atoms with Crippen molar-refractivity contribution in [2.75, 3.05) is 38.3 Å². The first kappa shape index (κ1) is 20.5. The molecule has 10 nitrogen and oxygen atoms in total. The van der Waals surface area contributed by atoms with E-state index in [1.54, 1.807) is 37.4 Å². The fourth-order valence-electron chi connectivity index (χ4n) is 3.34. The minimum absolute atomic E-state index is 0.0189. The van der Waals surface area contributed by atoms with Crippen LogP contribution in [0, 0.1) is 0 Å². The van der Waals surface area contributed by atoms with Crippen molar-refractivity contribution in [2.45, 2.75) is 13.5 Å². The topological polar surface area (TPSA) is 110 Å². The zero-order chi connectivity index (χ0) is 21.8. The molecule has 31 heavy (non-hydrogen) atoms. The van der Waals surface area contributed by atoms with E-state index >= 15 is 0 Å². The number of nitrogens with zero attached hydrogens (tertiary/aromatic N) is 4. The van der Waals surface area contributed by atoms with Crippen molar-refractivity contribution in [1.29, 1.82) is 0 Å². The molecule has 2 amide bonds. The Kier molecular flexibility index (Phi) is 5.87. The Hall–Kier alpha value is -3.82. The summed E-state index contributed by atoms with van der Waals surface area (Å²) in [6, 6.07) is 7.25. The van der Waals surface area contributed by atoms with Crippen molar-refractivity contribution in [3.63, 3.8) is 0 Å². The zero-order valence-corrected chi connectivity index (χ0v) is 17.3. The summed E-state index contributed by atoms with van der Waals surface area (Å²) in [7, 11) is 1.59. The SMILES string of the molecule is CCOC(=O)N1CCN(c2c[nH]c3nc(OCc4ccc(OC)cn4)ccc23)C(=O)C1. The second-order valence-corrected chi connectivity index (χ2v) is 6.86. The first-order valence-electron chi connectivity index (χ1n) is 9.91. The van der Waals surface area contributed by atoms with Crippen molar-refractivity contribution in [2.24, 2.45) is 0 Å². The number of methoxy groups -OCH3 is 1. The van der Waals surface area contributed by atoms with Gasteiger partial charge in [-0.05, 0) is 25.1 Å². The molecule has 1 N–H and O–H groups in total. The van der Waals surface area contributed by atoms with Crippen molar-refractivity contribution >= 4 is 28.7 Å². The Labute approximate surface area is 178 Å². The molecule has 1 aliphatic heterocycles. The number of carbonyl (C=O) groups is 2. The van der Waals surface area contributed by atoms with E-state index < -0.39 is 6.09 Å². The molecule has 0 atom stereocenters. The molecule has 1 aliphatic rings. The van der Waals surface area contributed by atoms with Crippen LogP contribution >= 0.6 is 0 Å². The number of carbonyl (C=O) groups excluding carboxylic acids is 2. The summed E-state index contributed by atoms with van der Waals surface area (Å²) in [5, 5.41) is 0.799. The van der Waals surface area contributed by atoms with Crippen LogP contribution in [0.15, 0.2) is 36.7 Å². The number of hydrogen-bond acceptors (Lipinski definition) is 7. The van der Waals surface area contributed by atoms with Crippen LogP contribution in [0.2, 0.25) is 0 Å². The Morgan fingerprint density at radius 1 is 1.23 bits per heavy atom. The number of H-pyrrole nitrogens is 1. The van der Waals surface area contributed by atoms with Crippen LogP contribution in [0.1, 0.15) is 12.6 Å². The zero-order valence-electron chi connectivity index (χ0n) is 17.3. The molecule has 10 heteroatoms. The number of aromatic nitrogens is 3. The molecule has 3 aromatic heterocycles. The van der Waals surface area contributed by atoms with Gasteiger partial charge in [0.1, 0.15) is 24.5 Å². The van der Waals surface area contributed by atoms with E-state index in [9.17, 15) is 9.59 Å². The van der Waals surface area contributed by atoms with Crippen LogP contribution in [0.25, 0.3) is 11.0 Å². The third kappa shape index (κ3) is 4.37. The highest BCUT2D eigenvalue weighted by Crippen LogP contribution is 2.29. The minimum Gasteiger partial charge on any atom is -0.495 e. The smallest absolute Gasteiger partial charge is 0.410 e. The van der Waals surface area contributed by atoms with Crippen LogP contribution in [0.3, 0.4) is 0 Å². The number of amides is 2. The van der Waals surface area contributed by atoms with Gasteiger partial charge in [0.15, 0.2) is 0 Å². The second-order valence-electron chi connectivity index (χ2n) is 6.86. The Morgan fingerprint density at radius 2 is 2.10 bits per heavy atom. The van der Waals surface area contributed by atoms with Gasteiger partial charge in [0, 0.05) is 30.7 Å². The lowest BCUT2D eigenvalue weighted by Crippen LogP contribution is -2.52. The largest absolute Gasteiger partial charge is 0.495 e. The molecule has 1 saturated heterocycles. The summed E-state index contributed by atoms with van der Waals surface area (Å²) < 4.78 is 15.8. The maximum atomic E-state index is 12.6. The molecule has 0 aromatic carbocycles. The van der Waals surface area contributed by atoms with E-state index in [4.69, 9.17) is 14.2 Å². The van der Waals surface area contributed by atoms with Gasteiger partial charge < -0.3 is 24.1 Å². The molecule has 0 unspecified atom stereocenters. The Morgan fingerprint density at radius 3 is 2.81 bits per heavy atom. The molecule has 162 valence electrons. The summed E-state index contributed by atoms with van der Waals surface area (Å²) >= 11 is 0. The number of aromatic amines is 1. The molecule has 4 rings (SSSR count). The van der Waals surface area contributed by atoms with Crippen LogP contribution in [0.4, 0.5) is 10.5 Å². The van der Waals surface area contributed by atoms with Gasteiger partial charge in [-0.3, -0.25) is 14.7 Å². The van der Waals surface area contributed by atoms with E-state index in [1.165, 1.54) is 4.90 Å². The molecule has 1 fully saturated rings. The predicted octanol–water partition coefficient (Wildman–Crippen LogP) is 2.35. The highest BCUT2D eigenvalue weighted by atomic mass is 16.6. The molecule has 0 saturated carbocycles. The number of rotatable bonds is 6. The van der Waals surface area contributed by atoms with Gasteiger partial charge in [-0.25, -0.2) is 4.79 Å². The maximum Gasteiger partial charge on any atom is 0.410 e. The van der Waals surface area contributed by atoms with Crippen LogP contribution in [0.5, 0.6) is 11.6 Å². The minimum atomic E-state index is -0.468. The summed E-state index contributed by atoms with van der Waals surface area (Å²) in [6.07, 6.45) is 2.90. The summed E-state index contributed by atoms with van der Waals surface area (Å²) in [6.45, 7) is 3.05. The number of piperazine rings is 1. The summed E-state index contributed by atoms with van der Waals surface area (Å²) in [4.78, 5) is 39.4. The fourth-order valence-corrected chi connectivity index (χ4v) is 3.34. The van der Waals surface area contributed by atoms with E-state index in [2.05, 4.69) is 15.0 Å². The number of fused-ring (bicyclic) bond motifs is 1. The highest BCUT2D eigenvalue weighted by Gasteiger charge is 2.30. The normalized spacial score (nSPS) is 14.1. The van der Waals surface area contributed by atoms with Gasteiger partial charge in [0.25, 0.3) is 0 Å². The quantitative estimate of drug-likeness (QED) is 0.645. The van der Waals surface area contributed by atoms with Crippen molar-refractivity contribution in [1.82, 2.24) is 19.9 Å². The van der Waals surface area contributed by atoms with Crippen LogP contribution < -0.4 is 14.4 Å². The number of anilines is 1. The van der Waals surface area contributed by atoms with E-state index in [0.29, 0.717) is 30.4 Å². The van der Waals surface area contributed by atoms with Gasteiger partial charge in [0.2, 0.25) is 11.8 Å². The molecule has 3 aromatic rings. The van der Waals surface area contributed by atoms with Gasteiger partial charge in [-0.2, -0.15) is 4.98 Å². The second kappa shape index (κ2) is 8.90. The van der Waals surface area contributed by atoms with Crippen molar-refractivity contribution in [3.8, 4) is 11.6 Å². The summed E-state index contributed by atoms with van der Waals surface area (Å²) in [5.41, 5.74) is 2.08. The van der Waals surface area contributed by atoms with E-state index in [-0.39, 0.29) is 25.7 Å². The molecule has 0 aliphatic carbocycles.